The predicted octanol–water partition coefficient (Wildman–Crippen LogP) is 3.68. The molecule has 3 aromatic rings. The largest absolute Gasteiger partial charge is 0.345 e. The van der Waals surface area contributed by atoms with Crippen LogP contribution in [0.2, 0.25) is 0 Å². The number of para-hydroxylation sites is 1. The van der Waals surface area contributed by atoms with Crippen molar-refractivity contribution in [2.45, 2.75) is 38.8 Å². The Morgan fingerprint density at radius 3 is 2.31 bits per heavy atom. The lowest BCUT2D eigenvalue weighted by Crippen LogP contribution is -2.34. The smallest absolute Gasteiger partial charge is 0.292 e. The zero-order valence-corrected chi connectivity index (χ0v) is 17.9. The maximum Gasteiger partial charge on any atom is 0.292 e. The van der Waals surface area contributed by atoms with Crippen molar-refractivity contribution in [3.63, 3.8) is 0 Å². The second-order valence-electron chi connectivity index (χ2n) is 8.12. The van der Waals surface area contributed by atoms with Gasteiger partial charge in [0.2, 0.25) is 5.91 Å². The van der Waals surface area contributed by atoms with Crippen LogP contribution in [0.3, 0.4) is 0 Å². The number of nitrogens with zero attached hydrogens (tertiary/aromatic N) is 2. The number of Topliss-reactive ketones (excluding diaryl/α,β-unsaturated/α-hetero) is 1. The standard InChI is InChI=1S/C25H26FN3O3/c26-19-11-9-18(10-12-19)15-27-25(32)24(31)21-16-29(22-8-4-3-7-20(21)22)17-23(30)28-13-5-1-2-6-14-28/h3-4,7-12,16H,1-2,5-6,13-15,17H2,(H,27,32). The van der Waals surface area contributed by atoms with Gasteiger partial charge in [0.05, 0.1) is 5.56 Å². The summed E-state index contributed by atoms with van der Waals surface area (Å²) in [4.78, 5) is 40.2. The molecule has 1 fully saturated rings. The molecular weight excluding hydrogens is 409 g/mol. The van der Waals surface area contributed by atoms with E-state index in [1.54, 1.807) is 35.0 Å². The number of aromatic nitrogens is 1. The molecular formula is C25H26FN3O3. The molecule has 166 valence electrons. The SMILES string of the molecule is O=C(NCc1ccc(F)cc1)C(=O)c1cn(CC(=O)N2CCCCCC2)c2ccccc12. The molecule has 7 heteroatoms. The van der Waals surface area contributed by atoms with Crippen molar-refractivity contribution in [1.82, 2.24) is 14.8 Å². The van der Waals surface area contributed by atoms with E-state index < -0.39 is 11.7 Å². The number of rotatable bonds is 6. The molecule has 1 aliphatic rings. The van der Waals surface area contributed by atoms with Gasteiger partial charge in [-0.05, 0) is 36.6 Å². The van der Waals surface area contributed by atoms with E-state index >= 15 is 0 Å². The van der Waals surface area contributed by atoms with Gasteiger partial charge in [-0.2, -0.15) is 0 Å². The zero-order chi connectivity index (χ0) is 22.5. The highest BCUT2D eigenvalue weighted by atomic mass is 19.1. The van der Waals surface area contributed by atoms with E-state index in [9.17, 15) is 18.8 Å². The van der Waals surface area contributed by atoms with Crippen molar-refractivity contribution >= 4 is 28.5 Å². The lowest BCUT2D eigenvalue weighted by atomic mass is 10.1. The lowest BCUT2D eigenvalue weighted by Gasteiger charge is -2.20. The minimum absolute atomic E-state index is 0.0208. The number of hydrogen-bond donors (Lipinski definition) is 1. The van der Waals surface area contributed by atoms with Crippen LogP contribution in [0.15, 0.2) is 54.7 Å². The number of fused-ring (bicyclic) bond motifs is 1. The normalized spacial score (nSPS) is 14.2. The Kier molecular flexibility index (Phi) is 6.63. The van der Waals surface area contributed by atoms with E-state index in [-0.39, 0.29) is 30.4 Å². The number of likely N-dealkylation sites (tertiary alicyclic amines) is 1. The molecule has 0 atom stereocenters. The Labute approximate surface area is 186 Å². The van der Waals surface area contributed by atoms with Crippen molar-refractivity contribution < 1.29 is 18.8 Å². The van der Waals surface area contributed by atoms with Crippen LogP contribution in [-0.2, 0) is 22.7 Å². The Balaban J connectivity index is 1.51. The quantitative estimate of drug-likeness (QED) is 0.474. The van der Waals surface area contributed by atoms with Crippen LogP contribution in [0.4, 0.5) is 4.39 Å². The molecule has 0 bridgehead atoms. The van der Waals surface area contributed by atoms with Crippen LogP contribution in [-0.4, -0.2) is 40.2 Å². The van der Waals surface area contributed by atoms with E-state index in [1.165, 1.54) is 12.1 Å². The van der Waals surface area contributed by atoms with Crippen LogP contribution in [0.1, 0.15) is 41.6 Å². The topological polar surface area (TPSA) is 71.4 Å². The number of benzene rings is 2. The van der Waals surface area contributed by atoms with Gasteiger partial charge >= 0.3 is 0 Å². The summed E-state index contributed by atoms with van der Waals surface area (Å²) in [6.45, 7) is 1.77. The second-order valence-corrected chi connectivity index (χ2v) is 8.12. The molecule has 2 amide bonds. The highest BCUT2D eigenvalue weighted by Gasteiger charge is 2.23. The molecule has 0 aliphatic carbocycles. The van der Waals surface area contributed by atoms with Gasteiger partial charge in [0.15, 0.2) is 0 Å². The van der Waals surface area contributed by atoms with Crippen molar-refractivity contribution in [3.05, 3.63) is 71.7 Å². The molecule has 2 aromatic carbocycles. The molecule has 1 aromatic heterocycles. The first-order chi connectivity index (χ1) is 15.5. The molecule has 0 radical (unpaired) electrons. The summed E-state index contributed by atoms with van der Waals surface area (Å²) in [5.41, 5.74) is 1.70. The average Bonchev–Trinajstić information content (AvgIpc) is 2.97. The van der Waals surface area contributed by atoms with Gasteiger partial charge in [-0.25, -0.2) is 4.39 Å². The zero-order valence-electron chi connectivity index (χ0n) is 17.9. The minimum atomic E-state index is -0.740. The molecule has 32 heavy (non-hydrogen) atoms. The molecule has 1 aliphatic heterocycles. The highest BCUT2D eigenvalue weighted by Crippen LogP contribution is 2.22. The maximum atomic E-state index is 13.0. The fourth-order valence-corrected chi connectivity index (χ4v) is 4.11. The first-order valence-electron chi connectivity index (χ1n) is 11.0. The molecule has 1 saturated heterocycles. The van der Waals surface area contributed by atoms with Gasteiger partial charge in [0.25, 0.3) is 11.7 Å². The monoisotopic (exact) mass is 435 g/mol. The van der Waals surface area contributed by atoms with Crippen molar-refractivity contribution in [1.29, 1.82) is 0 Å². The first kappa shape index (κ1) is 21.7. The summed E-state index contributed by atoms with van der Waals surface area (Å²) >= 11 is 0. The van der Waals surface area contributed by atoms with E-state index in [2.05, 4.69) is 5.32 Å². The van der Waals surface area contributed by atoms with E-state index in [0.29, 0.717) is 10.9 Å². The van der Waals surface area contributed by atoms with Crippen LogP contribution in [0, 0.1) is 5.82 Å². The van der Waals surface area contributed by atoms with E-state index in [1.807, 2.05) is 17.0 Å². The van der Waals surface area contributed by atoms with Crippen LogP contribution in [0.25, 0.3) is 10.9 Å². The number of halogens is 1. The first-order valence-corrected chi connectivity index (χ1v) is 11.0. The van der Waals surface area contributed by atoms with Crippen molar-refractivity contribution in [2.75, 3.05) is 13.1 Å². The van der Waals surface area contributed by atoms with Gasteiger partial charge in [-0.15, -0.1) is 0 Å². The fraction of sp³-hybridized carbons (Fsp3) is 0.320. The van der Waals surface area contributed by atoms with Gasteiger partial charge in [0.1, 0.15) is 12.4 Å². The van der Waals surface area contributed by atoms with Crippen LogP contribution >= 0.6 is 0 Å². The Bertz CT molecular complexity index is 1130. The van der Waals surface area contributed by atoms with Crippen LogP contribution < -0.4 is 5.32 Å². The summed E-state index contributed by atoms with van der Waals surface area (Å²) in [6.07, 6.45) is 5.90. The number of ketones is 1. The van der Waals surface area contributed by atoms with Gasteiger partial charge in [-0.1, -0.05) is 43.2 Å². The summed E-state index contributed by atoms with van der Waals surface area (Å²) in [5, 5.41) is 3.23. The Morgan fingerprint density at radius 2 is 1.59 bits per heavy atom. The molecule has 1 N–H and O–H groups in total. The summed E-state index contributed by atoms with van der Waals surface area (Å²) in [6, 6.07) is 13.0. The molecule has 0 unspecified atom stereocenters. The van der Waals surface area contributed by atoms with Gasteiger partial charge in [0, 0.05) is 36.7 Å². The third-order valence-electron chi connectivity index (χ3n) is 5.87. The third-order valence-corrected chi connectivity index (χ3v) is 5.87. The van der Waals surface area contributed by atoms with Gasteiger partial charge < -0.3 is 14.8 Å². The van der Waals surface area contributed by atoms with Crippen molar-refractivity contribution in [3.8, 4) is 0 Å². The second kappa shape index (κ2) is 9.77. The number of carbonyl (C=O) groups excluding carboxylic acids is 3. The summed E-state index contributed by atoms with van der Waals surface area (Å²) in [5.74, 6) is -1.74. The number of nitrogens with one attached hydrogen (secondary N) is 1. The third kappa shape index (κ3) is 4.88. The predicted molar refractivity (Wildman–Crippen MR) is 120 cm³/mol. The molecule has 0 spiro atoms. The number of carbonyl (C=O) groups is 3. The Hall–Kier alpha value is -3.48. The van der Waals surface area contributed by atoms with Crippen molar-refractivity contribution in [2.24, 2.45) is 0 Å². The van der Waals surface area contributed by atoms with E-state index in [4.69, 9.17) is 0 Å². The highest BCUT2D eigenvalue weighted by molar-refractivity contribution is 6.45. The minimum Gasteiger partial charge on any atom is -0.345 e. The number of hydrogen-bond acceptors (Lipinski definition) is 3. The number of amides is 2. The lowest BCUT2D eigenvalue weighted by molar-refractivity contribution is -0.131. The molecule has 4 rings (SSSR count). The molecule has 2 heterocycles. The fourth-order valence-electron chi connectivity index (χ4n) is 4.11. The maximum absolute atomic E-state index is 13.0. The average molecular weight is 435 g/mol. The summed E-state index contributed by atoms with van der Waals surface area (Å²) < 4.78 is 14.8. The van der Waals surface area contributed by atoms with Crippen LogP contribution in [0.5, 0.6) is 0 Å². The Morgan fingerprint density at radius 1 is 0.906 bits per heavy atom. The van der Waals surface area contributed by atoms with E-state index in [0.717, 1.165) is 44.3 Å². The summed E-state index contributed by atoms with van der Waals surface area (Å²) in [7, 11) is 0. The molecule has 0 saturated carbocycles. The molecule has 6 nitrogen and oxygen atoms in total. The van der Waals surface area contributed by atoms with Gasteiger partial charge in [-0.3, -0.25) is 14.4 Å².